The van der Waals surface area contributed by atoms with E-state index in [0.29, 0.717) is 18.8 Å². The van der Waals surface area contributed by atoms with Crippen LogP contribution < -0.4 is 4.90 Å². The van der Waals surface area contributed by atoms with Crippen LogP contribution in [0.4, 0.5) is 5.69 Å². The second-order valence-corrected chi connectivity index (χ2v) is 4.95. The number of rotatable bonds is 2. The number of aromatic nitrogens is 1. The van der Waals surface area contributed by atoms with Gasteiger partial charge < -0.3 is 14.9 Å². The predicted molar refractivity (Wildman–Crippen MR) is 65.1 cm³/mol. The molecule has 1 aliphatic heterocycles. The highest BCUT2D eigenvalue weighted by Gasteiger charge is 2.36. The number of nitrogens with zero attached hydrogens (tertiary/aromatic N) is 3. The summed E-state index contributed by atoms with van der Waals surface area (Å²) in [6, 6.07) is 3.61. The average Bonchev–Trinajstić information content (AvgIpc) is 2.24. The highest BCUT2D eigenvalue weighted by Crippen LogP contribution is 2.27. The van der Waals surface area contributed by atoms with Gasteiger partial charge in [-0.2, -0.15) is 0 Å². The molecule has 0 radical (unpaired) electrons. The van der Waals surface area contributed by atoms with Crippen molar-refractivity contribution in [2.45, 2.75) is 12.5 Å². The number of hydrogen-bond donors (Lipinski definition) is 1. The van der Waals surface area contributed by atoms with Crippen LogP contribution in [-0.2, 0) is 0 Å². The normalized spacial score (nSPS) is 17.5. The first-order valence-electron chi connectivity index (χ1n) is 5.54. The lowest BCUT2D eigenvalue weighted by Crippen LogP contribution is -2.60. The second kappa shape index (κ2) is 4.00. The Labute approximate surface area is 101 Å². The Morgan fingerprint density at radius 2 is 2.18 bits per heavy atom. The number of carbonyl (C=O) groups is 1. The van der Waals surface area contributed by atoms with Crippen molar-refractivity contribution < 1.29 is 9.90 Å². The fourth-order valence-corrected chi connectivity index (χ4v) is 1.92. The van der Waals surface area contributed by atoms with E-state index in [1.165, 1.54) is 4.90 Å². The third-order valence-corrected chi connectivity index (χ3v) is 2.80. The molecule has 1 saturated heterocycles. The molecule has 2 rings (SSSR count). The molecule has 0 spiro atoms. The zero-order chi connectivity index (χ0) is 12.6. The minimum absolute atomic E-state index is 0.112. The van der Waals surface area contributed by atoms with Gasteiger partial charge in [-0.3, -0.25) is 9.78 Å². The minimum atomic E-state index is -0.616. The van der Waals surface area contributed by atoms with Crippen molar-refractivity contribution >= 4 is 11.6 Å². The lowest BCUT2D eigenvalue weighted by Gasteiger charge is -2.45. The van der Waals surface area contributed by atoms with Gasteiger partial charge in [0, 0.05) is 39.1 Å². The largest absolute Gasteiger partial charge is 0.386 e. The Bertz CT molecular complexity index is 435. The van der Waals surface area contributed by atoms with Crippen LogP contribution >= 0.6 is 0 Å². The van der Waals surface area contributed by atoms with E-state index < -0.39 is 5.60 Å². The Kier molecular flexibility index (Phi) is 2.79. The summed E-state index contributed by atoms with van der Waals surface area (Å²) in [5, 5.41) is 9.68. The van der Waals surface area contributed by atoms with Crippen molar-refractivity contribution in [1.29, 1.82) is 0 Å². The maximum Gasteiger partial charge on any atom is 0.272 e. The fourth-order valence-electron chi connectivity index (χ4n) is 1.92. The second-order valence-electron chi connectivity index (χ2n) is 4.95. The molecule has 1 fully saturated rings. The van der Waals surface area contributed by atoms with E-state index in [0.717, 1.165) is 5.69 Å². The van der Waals surface area contributed by atoms with E-state index in [1.54, 1.807) is 33.3 Å². The summed E-state index contributed by atoms with van der Waals surface area (Å²) in [5.74, 6) is -0.112. The number of amides is 1. The van der Waals surface area contributed by atoms with Crippen LogP contribution in [0, 0.1) is 0 Å². The van der Waals surface area contributed by atoms with Gasteiger partial charge >= 0.3 is 0 Å². The van der Waals surface area contributed by atoms with Crippen LogP contribution in [0.3, 0.4) is 0 Å². The Morgan fingerprint density at radius 1 is 1.53 bits per heavy atom. The molecule has 5 heteroatoms. The van der Waals surface area contributed by atoms with Crippen molar-refractivity contribution in [2.75, 3.05) is 32.1 Å². The predicted octanol–water partition coefficient (Wildman–Crippen LogP) is 0.354. The quantitative estimate of drug-likeness (QED) is 0.804. The molecule has 1 aliphatic rings. The molecule has 17 heavy (non-hydrogen) atoms. The Hall–Kier alpha value is -1.62. The molecule has 92 valence electrons. The zero-order valence-corrected chi connectivity index (χ0v) is 10.3. The molecule has 1 N–H and O–H groups in total. The van der Waals surface area contributed by atoms with Crippen LogP contribution in [0.5, 0.6) is 0 Å². The van der Waals surface area contributed by atoms with Crippen molar-refractivity contribution in [3.8, 4) is 0 Å². The van der Waals surface area contributed by atoms with Gasteiger partial charge in [0.25, 0.3) is 5.91 Å². The molecule has 1 amide bonds. The maximum absolute atomic E-state index is 11.7. The van der Waals surface area contributed by atoms with Crippen molar-refractivity contribution in [2.24, 2.45) is 0 Å². The van der Waals surface area contributed by atoms with Gasteiger partial charge in [0.05, 0.1) is 5.60 Å². The van der Waals surface area contributed by atoms with E-state index in [9.17, 15) is 9.90 Å². The van der Waals surface area contributed by atoms with Gasteiger partial charge in [0.2, 0.25) is 0 Å². The molecule has 0 saturated carbocycles. The summed E-state index contributed by atoms with van der Waals surface area (Å²) >= 11 is 0. The Balaban J connectivity index is 2.16. The van der Waals surface area contributed by atoms with E-state index in [1.807, 2.05) is 11.0 Å². The number of hydrogen-bond acceptors (Lipinski definition) is 4. The van der Waals surface area contributed by atoms with Crippen LogP contribution in [0.1, 0.15) is 17.4 Å². The molecule has 0 bridgehead atoms. The molecule has 5 nitrogen and oxygen atoms in total. The SMILES string of the molecule is CN(C)C(=O)c1cc(N2CC(C)(O)C2)ccn1. The molecule has 0 unspecified atom stereocenters. The van der Waals surface area contributed by atoms with Gasteiger partial charge in [-0.15, -0.1) is 0 Å². The van der Waals surface area contributed by atoms with Gasteiger partial charge in [-0.25, -0.2) is 0 Å². The monoisotopic (exact) mass is 235 g/mol. The molecular weight excluding hydrogens is 218 g/mol. The maximum atomic E-state index is 11.7. The molecule has 1 aromatic rings. The number of anilines is 1. The average molecular weight is 235 g/mol. The van der Waals surface area contributed by atoms with Crippen molar-refractivity contribution in [1.82, 2.24) is 9.88 Å². The molecular formula is C12H17N3O2. The number of aliphatic hydroxyl groups is 1. The van der Waals surface area contributed by atoms with Crippen molar-refractivity contribution in [3.63, 3.8) is 0 Å². The van der Waals surface area contributed by atoms with E-state index in [-0.39, 0.29) is 5.91 Å². The summed E-state index contributed by atoms with van der Waals surface area (Å²) in [6.07, 6.45) is 1.62. The summed E-state index contributed by atoms with van der Waals surface area (Å²) in [6.45, 7) is 2.98. The van der Waals surface area contributed by atoms with Crippen molar-refractivity contribution in [3.05, 3.63) is 24.0 Å². The van der Waals surface area contributed by atoms with Gasteiger partial charge in [-0.1, -0.05) is 0 Å². The van der Waals surface area contributed by atoms with E-state index >= 15 is 0 Å². The fraction of sp³-hybridized carbons (Fsp3) is 0.500. The summed E-state index contributed by atoms with van der Waals surface area (Å²) in [4.78, 5) is 19.3. The number of carbonyl (C=O) groups excluding carboxylic acids is 1. The first kappa shape index (κ1) is 11.9. The van der Waals surface area contributed by atoms with Crippen LogP contribution in [0.15, 0.2) is 18.3 Å². The van der Waals surface area contributed by atoms with Gasteiger partial charge in [-0.05, 0) is 19.1 Å². The van der Waals surface area contributed by atoms with Gasteiger partial charge in [0.1, 0.15) is 5.69 Å². The van der Waals surface area contributed by atoms with E-state index in [4.69, 9.17) is 0 Å². The highest BCUT2D eigenvalue weighted by molar-refractivity contribution is 5.92. The third-order valence-electron chi connectivity index (χ3n) is 2.80. The lowest BCUT2D eigenvalue weighted by atomic mass is 9.96. The standard InChI is InChI=1S/C12H17N3O2/c1-12(17)7-15(8-12)9-4-5-13-10(6-9)11(16)14(2)3/h4-6,17H,7-8H2,1-3H3. The molecule has 1 aromatic heterocycles. The molecule has 0 atom stereocenters. The first-order chi connectivity index (χ1) is 7.89. The topological polar surface area (TPSA) is 56.7 Å². The van der Waals surface area contributed by atoms with E-state index in [2.05, 4.69) is 4.98 Å². The number of β-amino-alcohol motifs (C(OH)–C–C–N with tert-alkyl or cyclic N) is 1. The van der Waals surface area contributed by atoms with Gasteiger partial charge in [0.15, 0.2) is 0 Å². The van der Waals surface area contributed by atoms with Crippen LogP contribution in [0.25, 0.3) is 0 Å². The molecule has 0 aliphatic carbocycles. The summed E-state index contributed by atoms with van der Waals surface area (Å²) < 4.78 is 0. The first-order valence-corrected chi connectivity index (χ1v) is 5.54. The summed E-state index contributed by atoms with van der Waals surface area (Å²) in [7, 11) is 3.40. The highest BCUT2D eigenvalue weighted by atomic mass is 16.3. The third kappa shape index (κ3) is 2.39. The summed E-state index contributed by atoms with van der Waals surface area (Å²) in [5.41, 5.74) is 0.741. The lowest BCUT2D eigenvalue weighted by molar-refractivity contribution is 0.0310. The smallest absolute Gasteiger partial charge is 0.272 e. The number of pyridine rings is 1. The molecule has 0 aromatic carbocycles. The van der Waals surface area contributed by atoms with Crippen LogP contribution in [-0.4, -0.2) is 53.7 Å². The zero-order valence-electron chi connectivity index (χ0n) is 10.3. The minimum Gasteiger partial charge on any atom is -0.386 e. The molecule has 2 heterocycles. The van der Waals surface area contributed by atoms with Crippen LogP contribution in [0.2, 0.25) is 0 Å². The Morgan fingerprint density at radius 3 is 2.71 bits per heavy atom.